The molecule has 34 heavy (non-hydrogen) atoms. The van der Waals surface area contributed by atoms with Crippen molar-refractivity contribution in [2.75, 3.05) is 6.61 Å². The molecular weight excluding hydrogens is 416 g/mol. The van der Waals surface area contributed by atoms with E-state index in [0.717, 1.165) is 48.4 Å². The van der Waals surface area contributed by atoms with Crippen LogP contribution in [-0.2, 0) is 6.42 Å². The van der Waals surface area contributed by atoms with Gasteiger partial charge < -0.3 is 4.74 Å². The monoisotopic (exact) mass is 464 g/mol. The van der Waals surface area contributed by atoms with E-state index in [4.69, 9.17) is 4.74 Å². The molecule has 0 unspecified atom stereocenters. The Morgan fingerprint density at radius 2 is 1.29 bits per heavy atom. The Kier molecular flexibility index (Phi) is 12.5. The summed E-state index contributed by atoms with van der Waals surface area (Å²) >= 11 is 0. The van der Waals surface area contributed by atoms with Crippen LogP contribution in [0.25, 0.3) is 11.4 Å². The summed E-state index contributed by atoms with van der Waals surface area (Å²) in [4.78, 5) is 9.21. The van der Waals surface area contributed by atoms with Crippen LogP contribution >= 0.6 is 0 Å². The van der Waals surface area contributed by atoms with Crippen LogP contribution in [0.5, 0.6) is 5.75 Å². The zero-order chi connectivity index (χ0) is 23.8. The lowest BCUT2D eigenvalue weighted by Crippen LogP contribution is -2.15. The van der Waals surface area contributed by atoms with Gasteiger partial charge in [-0.3, -0.25) is 0 Å². The molecule has 1 aromatic carbocycles. The van der Waals surface area contributed by atoms with Crippen LogP contribution in [0.1, 0.15) is 116 Å². The molecule has 0 amide bonds. The number of ether oxygens (including phenoxy) is 1. The van der Waals surface area contributed by atoms with Gasteiger partial charge in [0, 0.05) is 18.0 Å². The van der Waals surface area contributed by atoms with E-state index in [1.807, 2.05) is 12.4 Å². The molecule has 0 bridgehead atoms. The standard InChI is InChI=1S/C31H48N2O/c1-3-5-7-8-9-10-13-28-24-32-31(33-25-28)29-19-21-30(22-20-29)34-23-11-14-27-17-15-26(16-18-27)12-6-4-2/h19-22,24-27H,3-18,23H2,1-2H3/t26-,27-. The van der Waals surface area contributed by atoms with Crippen LogP contribution in [0.15, 0.2) is 36.7 Å². The summed E-state index contributed by atoms with van der Waals surface area (Å²) in [6.45, 7) is 5.39. The number of aromatic nitrogens is 2. The van der Waals surface area contributed by atoms with Crippen LogP contribution in [0.3, 0.4) is 0 Å². The Hall–Kier alpha value is -1.90. The minimum absolute atomic E-state index is 0.799. The van der Waals surface area contributed by atoms with Crippen molar-refractivity contribution in [2.45, 2.75) is 117 Å². The molecule has 0 N–H and O–H groups in total. The lowest BCUT2D eigenvalue weighted by Gasteiger charge is -2.28. The fourth-order valence-corrected chi connectivity index (χ4v) is 5.31. The van der Waals surface area contributed by atoms with Crippen molar-refractivity contribution in [3.05, 3.63) is 42.2 Å². The van der Waals surface area contributed by atoms with Crippen molar-refractivity contribution in [3.8, 4) is 17.1 Å². The van der Waals surface area contributed by atoms with Gasteiger partial charge in [-0.2, -0.15) is 0 Å². The van der Waals surface area contributed by atoms with Crippen LogP contribution in [0.2, 0.25) is 0 Å². The number of hydrogen-bond acceptors (Lipinski definition) is 3. The summed E-state index contributed by atoms with van der Waals surface area (Å²) in [5.41, 5.74) is 2.30. The molecule has 1 aliphatic carbocycles. The fraction of sp³-hybridized carbons (Fsp3) is 0.677. The van der Waals surface area contributed by atoms with E-state index in [1.165, 1.54) is 95.5 Å². The maximum Gasteiger partial charge on any atom is 0.159 e. The van der Waals surface area contributed by atoms with E-state index in [2.05, 4.69) is 48.1 Å². The highest BCUT2D eigenvalue weighted by Crippen LogP contribution is 2.34. The zero-order valence-corrected chi connectivity index (χ0v) is 21.9. The zero-order valence-electron chi connectivity index (χ0n) is 21.9. The highest BCUT2D eigenvalue weighted by atomic mass is 16.5. The van der Waals surface area contributed by atoms with Crippen molar-refractivity contribution >= 4 is 0 Å². The second-order valence-electron chi connectivity index (χ2n) is 10.5. The van der Waals surface area contributed by atoms with E-state index in [-0.39, 0.29) is 0 Å². The predicted molar refractivity (Wildman–Crippen MR) is 144 cm³/mol. The van der Waals surface area contributed by atoms with E-state index >= 15 is 0 Å². The molecule has 0 atom stereocenters. The Morgan fingerprint density at radius 1 is 0.706 bits per heavy atom. The largest absolute Gasteiger partial charge is 0.494 e. The van der Waals surface area contributed by atoms with Crippen LogP contribution in [0.4, 0.5) is 0 Å². The highest BCUT2D eigenvalue weighted by Gasteiger charge is 2.20. The number of unbranched alkanes of at least 4 members (excludes halogenated alkanes) is 6. The second-order valence-corrected chi connectivity index (χ2v) is 10.5. The number of rotatable bonds is 16. The molecule has 0 spiro atoms. The van der Waals surface area contributed by atoms with Gasteiger partial charge in [0.05, 0.1) is 6.61 Å². The van der Waals surface area contributed by atoms with Gasteiger partial charge in [0.2, 0.25) is 0 Å². The van der Waals surface area contributed by atoms with Gasteiger partial charge in [0.25, 0.3) is 0 Å². The summed E-state index contributed by atoms with van der Waals surface area (Å²) in [6.07, 6.45) is 25.5. The molecule has 1 saturated carbocycles. The predicted octanol–water partition coefficient (Wildman–Crippen LogP) is 9.20. The SMILES string of the molecule is CCCCCCCCc1cnc(-c2ccc(OCCC[C@H]3CC[C@H](CCCC)CC3)cc2)nc1. The topological polar surface area (TPSA) is 35.0 Å². The van der Waals surface area contributed by atoms with Gasteiger partial charge in [0.15, 0.2) is 5.82 Å². The molecule has 0 saturated heterocycles. The normalized spacial score (nSPS) is 18.2. The van der Waals surface area contributed by atoms with Crippen molar-refractivity contribution in [1.29, 1.82) is 0 Å². The second kappa shape index (κ2) is 15.9. The van der Waals surface area contributed by atoms with Gasteiger partial charge in [-0.1, -0.05) is 90.9 Å². The molecule has 188 valence electrons. The number of hydrogen-bond donors (Lipinski definition) is 0. The van der Waals surface area contributed by atoms with Gasteiger partial charge >= 0.3 is 0 Å². The maximum atomic E-state index is 6.02. The van der Waals surface area contributed by atoms with E-state index < -0.39 is 0 Å². The van der Waals surface area contributed by atoms with Crippen LogP contribution < -0.4 is 4.74 Å². The molecule has 0 aliphatic heterocycles. The lowest BCUT2D eigenvalue weighted by molar-refractivity contribution is 0.228. The third kappa shape index (κ3) is 9.76. The molecule has 0 radical (unpaired) electrons. The van der Waals surface area contributed by atoms with Crippen molar-refractivity contribution in [1.82, 2.24) is 9.97 Å². The first-order chi connectivity index (χ1) is 16.8. The minimum atomic E-state index is 0.799. The molecule has 3 heteroatoms. The van der Waals surface area contributed by atoms with Gasteiger partial charge in [-0.05, 0) is 67.3 Å². The van der Waals surface area contributed by atoms with Gasteiger partial charge in [-0.25, -0.2) is 9.97 Å². The van der Waals surface area contributed by atoms with Crippen LogP contribution in [-0.4, -0.2) is 16.6 Å². The smallest absolute Gasteiger partial charge is 0.159 e. The molecule has 2 aromatic rings. The Labute approximate surface area is 209 Å². The minimum Gasteiger partial charge on any atom is -0.494 e. The average molecular weight is 465 g/mol. The van der Waals surface area contributed by atoms with Crippen molar-refractivity contribution in [3.63, 3.8) is 0 Å². The average Bonchev–Trinajstić information content (AvgIpc) is 2.89. The quantitative estimate of drug-likeness (QED) is 0.232. The maximum absolute atomic E-state index is 6.02. The number of benzene rings is 1. The Bertz CT molecular complexity index is 763. The summed E-state index contributed by atoms with van der Waals surface area (Å²) in [5.74, 6) is 3.68. The molecule has 3 nitrogen and oxygen atoms in total. The third-order valence-electron chi connectivity index (χ3n) is 7.59. The number of nitrogens with zero attached hydrogens (tertiary/aromatic N) is 2. The molecule has 1 aliphatic rings. The first-order valence-corrected chi connectivity index (χ1v) is 14.3. The highest BCUT2D eigenvalue weighted by molar-refractivity contribution is 5.55. The molecule has 1 fully saturated rings. The van der Waals surface area contributed by atoms with Crippen molar-refractivity contribution < 1.29 is 4.74 Å². The summed E-state index contributed by atoms with van der Waals surface area (Å²) in [5, 5.41) is 0. The van der Waals surface area contributed by atoms with E-state index in [1.54, 1.807) is 0 Å². The van der Waals surface area contributed by atoms with Gasteiger partial charge in [0.1, 0.15) is 5.75 Å². The van der Waals surface area contributed by atoms with Crippen molar-refractivity contribution in [2.24, 2.45) is 11.8 Å². The molecule has 3 rings (SSSR count). The first kappa shape index (κ1) is 26.7. The number of aryl methyl sites for hydroxylation is 1. The Morgan fingerprint density at radius 3 is 1.94 bits per heavy atom. The lowest BCUT2D eigenvalue weighted by atomic mass is 9.78. The van der Waals surface area contributed by atoms with E-state index in [0.29, 0.717) is 0 Å². The summed E-state index contributed by atoms with van der Waals surface area (Å²) in [7, 11) is 0. The summed E-state index contributed by atoms with van der Waals surface area (Å²) in [6, 6.07) is 8.27. The van der Waals surface area contributed by atoms with Crippen LogP contribution in [0, 0.1) is 11.8 Å². The molecule has 1 heterocycles. The Balaban J connectivity index is 1.31. The summed E-state index contributed by atoms with van der Waals surface area (Å²) < 4.78 is 6.02. The molecule has 1 aromatic heterocycles. The first-order valence-electron chi connectivity index (χ1n) is 14.3. The molecular formula is C31H48N2O. The van der Waals surface area contributed by atoms with Gasteiger partial charge in [-0.15, -0.1) is 0 Å². The van der Waals surface area contributed by atoms with E-state index in [9.17, 15) is 0 Å². The fourth-order valence-electron chi connectivity index (χ4n) is 5.31. The third-order valence-corrected chi connectivity index (χ3v) is 7.59.